The van der Waals surface area contributed by atoms with E-state index < -0.39 is 0 Å². The summed E-state index contributed by atoms with van der Waals surface area (Å²) in [5, 5.41) is 0. The van der Waals surface area contributed by atoms with Crippen molar-refractivity contribution < 1.29 is 13.9 Å². The van der Waals surface area contributed by atoms with Crippen molar-refractivity contribution in [2.75, 3.05) is 6.61 Å². The Morgan fingerprint density at radius 1 is 1.33 bits per heavy atom. The van der Waals surface area contributed by atoms with Crippen LogP contribution in [0, 0.1) is 6.92 Å². The lowest BCUT2D eigenvalue weighted by Crippen LogP contribution is -2.04. The van der Waals surface area contributed by atoms with Crippen LogP contribution in [0.2, 0.25) is 0 Å². The molecule has 0 bridgehead atoms. The van der Waals surface area contributed by atoms with Crippen molar-refractivity contribution >= 4 is 21.9 Å². The van der Waals surface area contributed by atoms with Crippen LogP contribution < -0.4 is 0 Å². The van der Waals surface area contributed by atoms with Crippen molar-refractivity contribution in [1.29, 1.82) is 0 Å². The highest BCUT2D eigenvalue weighted by Gasteiger charge is 2.16. The number of rotatable bonds is 3. The molecule has 18 heavy (non-hydrogen) atoms. The van der Waals surface area contributed by atoms with Gasteiger partial charge in [0.25, 0.3) is 0 Å². The number of hydrogen-bond acceptors (Lipinski definition) is 3. The van der Waals surface area contributed by atoms with E-state index in [-0.39, 0.29) is 5.97 Å². The van der Waals surface area contributed by atoms with Gasteiger partial charge in [0.15, 0.2) is 0 Å². The molecule has 0 saturated heterocycles. The smallest absolute Gasteiger partial charge is 0.341 e. The van der Waals surface area contributed by atoms with Crippen molar-refractivity contribution in [2.24, 2.45) is 0 Å². The minimum absolute atomic E-state index is 0.345. The Labute approximate surface area is 114 Å². The molecule has 2 aromatic rings. The molecule has 0 unspecified atom stereocenters. The van der Waals surface area contributed by atoms with E-state index >= 15 is 0 Å². The fraction of sp³-hybridized carbons (Fsp3) is 0.214. The van der Waals surface area contributed by atoms with E-state index in [1.807, 2.05) is 24.3 Å². The molecule has 0 atom stereocenters. The van der Waals surface area contributed by atoms with Crippen LogP contribution in [0.15, 0.2) is 39.2 Å². The Bertz CT molecular complexity index is 555. The van der Waals surface area contributed by atoms with E-state index in [1.54, 1.807) is 19.9 Å². The highest BCUT2D eigenvalue weighted by Crippen LogP contribution is 2.27. The van der Waals surface area contributed by atoms with E-state index in [4.69, 9.17) is 9.15 Å². The summed E-state index contributed by atoms with van der Waals surface area (Å²) in [5.41, 5.74) is 1.41. The maximum Gasteiger partial charge on any atom is 0.341 e. The summed E-state index contributed by atoms with van der Waals surface area (Å²) in [6.45, 7) is 3.90. The molecule has 0 N–H and O–H groups in total. The standard InChI is InChI=1S/C14H13BrO3/c1-3-17-14(16)12-8-13(18-9(12)2)10-4-6-11(15)7-5-10/h4-8H,3H2,1-2H3. The van der Waals surface area contributed by atoms with Gasteiger partial charge in [-0.1, -0.05) is 28.1 Å². The van der Waals surface area contributed by atoms with Crippen LogP contribution in [-0.4, -0.2) is 12.6 Å². The van der Waals surface area contributed by atoms with Gasteiger partial charge in [-0.05, 0) is 32.0 Å². The molecule has 2 rings (SSSR count). The number of halogens is 1. The number of esters is 1. The number of carbonyl (C=O) groups is 1. The van der Waals surface area contributed by atoms with Gasteiger partial charge in [-0.3, -0.25) is 0 Å². The summed E-state index contributed by atoms with van der Waals surface area (Å²) in [7, 11) is 0. The van der Waals surface area contributed by atoms with E-state index in [0.717, 1.165) is 10.0 Å². The zero-order valence-electron chi connectivity index (χ0n) is 10.2. The summed E-state index contributed by atoms with van der Waals surface area (Å²) < 4.78 is 11.6. The van der Waals surface area contributed by atoms with Gasteiger partial charge in [0.2, 0.25) is 0 Å². The largest absolute Gasteiger partial charge is 0.462 e. The lowest BCUT2D eigenvalue weighted by Gasteiger charge is -1.97. The molecule has 4 heteroatoms. The molecule has 0 aliphatic heterocycles. The van der Waals surface area contributed by atoms with Gasteiger partial charge in [0.05, 0.1) is 6.61 Å². The molecule has 94 valence electrons. The first-order chi connectivity index (χ1) is 8.61. The first-order valence-corrected chi connectivity index (χ1v) is 6.44. The van der Waals surface area contributed by atoms with Gasteiger partial charge in [-0.25, -0.2) is 4.79 Å². The maximum atomic E-state index is 11.7. The van der Waals surface area contributed by atoms with Crippen molar-refractivity contribution in [3.63, 3.8) is 0 Å². The second-order valence-corrected chi connectivity index (χ2v) is 4.72. The van der Waals surface area contributed by atoms with Gasteiger partial charge in [-0.2, -0.15) is 0 Å². The fourth-order valence-corrected chi connectivity index (χ4v) is 1.91. The molecule has 1 heterocycles. The van der Waals surface area contributed by atoms with Gasteiger partial charge in [0.1, 0.15) is 17.1 Å². The number of carbonyl (C=O) groups excluding carboxylic acids is 1. The first-order valence-electron chi connectivity index (χ1n) is 5.65. The van der Waals surface area contributed by atoms with Crippen LogP contribution >= 0.6 is 15.9 Å². The summed E-state index contributed by atoms with van der Waals surface area (Å²) >= 11 is 3.38. The Hall–Kier alpha value is -1.55. The van der Waals surface area contributed by atoms with Crippen molar-refractivity contribution in [3.05, 3.63) is 46.1 Å². The lowest BCUT2D eigenvalue weighted by molar-refractivity contribution is 0.0524. The maximum absolute atomic E-state index is 11.7. The Morgan fingerprint density at radius 2 is 2.00 bits per heavy atom. The summed E-state index contributed by atoms with van der Waals surface area (Å²) in [4.78, 5) is 11.7. The van der Waals surface area contributed by atoms with Crippen LogP contribution in [0.5, 0.6) is 0 Å². The van der Waals surface area contributed by atoms with Crippen LogP contribution in [0.1, 0.15) is 23.0 Å². The quantitative estimate of drug-likeness (QED) is 0.798. The Morgan fingerprint density at radius 3 is 2.61 bits per heavy atom. The lowest BCUT2D eigenvalue weighted by atomic mass is 10.1. The average Bonchev–Trinajstić information content (AvgIpc) is 2.72. The van der Waals surface area contributed by atoms with Gasteiger partial charge >= 0.3 is 5.97 Å². The van der Waals surface area contributed by atoms with Gasteiger partial charge in [0, 0.05) is 10.0 Å². The Balaban J connectivity index is 2.34. The predicted octanol–water partition coefficient (Wildman–Crippen LogP) is 4.19. The summed E-state index contributed by atoms with van der Waals surface area (Å²) in [6.07, 6.45) is 0. The molecule has 1 aromatic carbocycles. The second-order valence-electron chi connectivity index (χ2n) is 3.81. The van der Waals surface area contributed by atoms with Gasteiger partial charge < -0.3 is 9.15 Å². The van der Waals surface area contributed by atoms with Crippen molar-refractivity contribution in [3.8, 4) is 11.3 Å². The number of furan rings is 1. The minimum atomic E-state index is -0.345. The molecular formula is C14H13BrO3. The van der Waals surface area contributed by atoms with Crippen LogP contribution in [0.25, 0.3) is 11.3 Å². The third-order valence-electron chi connectivity index (χ3n) is 2.54. The number of ether oxygens (including phenoxy) is 1. The normalized spacial score (nSPS) is 10.4. The van der Waals surface area contributed by atoms with Gasteiger partial charge in [-0.15, -0.1) is 0 Å². The average molecular weight is 309 g/mol. The molecule has 1 aromatic heterocycles. The Kier molecular flexibility index (Phi) is 3.87. The third kappa shape index (κ3) is 2.64. The van der Waals surface area contributed by atoms with E-state index in [0.29, 0.717) is 23.7 Å². The molecule has 0 amide bonds. The third-order valence-corrected chi connectivity index (χ3v) is 3.07. The van der Waals surface area contributed by atoms with Crippen LogP contribution in [-0.2, 0) is 4.74 Å². The zero-order valence-corrected chi connectivity index (χ0v) is 11.8. The highest BCUT2D eigenvalue weighted by molar-refractivity contribution is 9.10. The van der Waals surface area contributed by atoms with Crippen LogP contribution in [0.3, 0.4) is 0 Å². The molecule has 0 aliphatic carbocycles. The minimum Gasteiger partial charge on any atom is -0.462 e. The predicted molar refractivity (Wildman–Crippen MR) is 72.5 cm³/mol. The van der Waals surface area contributed by atoms with Crippen LogP contribution in [0.4, 0.5) is 0 Å². The molecule has 0 aliphatic rings. The van der Waals surface area contributed by atoms with E-state index in [1.165, 1.54) is 0 Å². The second kappa shape index (κ2) is 5.40. The fourth-order valence-electron chi connectivity index (χ4n) is 1.65. The molecule has 0 spiro atoms. The molecule has 0 radical (unpaired) electrons. The molecule has 0 saturated carbocycles. The first kappa shape index (κ1) is 12.9. The van der Waals surface area contributed by atoms with E-state index in [2.05, 4.69) is 15.9 Å². The summed E-state index contributed by atoms with van der Waals surface area (Å²) in [5.74, 6) is 0.900. The van der Waals surface area contributed by atoms with Crippen molar-refractivity contribution in [2.45, 2.75) is 13.8 Å². The molecular weight excluding hydrogens is 296 g/mol. The monoisotopic (exact) mass is 308 g/mol. The topological polar surface area (TPSA) is 39.4 Å². The number of hydrogen-bond donors (Lipinski definition) is 0. The van der Waals surface area contributed by atoms with E-state index in [9.17, 15) is 4.79 Å². The SMILES string of the molecule is CCOC(=O)c1cc(-c2ccc(Br)cc2)oc1C. The zero-order chi connectivity index (χ0) is 13.1. The number of aryl methyl sites for hydroxylation is 1. The molecule has 0 fully saturated rings. The number of benzene rings is 1. The molecule has 3 nitrogen and oxygen atoms in total. The highest BCUT2D eigenvalue weighted by atomic mass is 79.9. The van der Waals surface area contributed by atoms with Crippen molar-refractivity contribution in [1.82, 2.24) is 0 Å². The summed E-state index contributed by atoms with van der Waals surface area (Å²) in [6, 6.07) is 9.43.